The number of nitrogens with two attached hydrogens (primary N) is 1. The molecule has 0 spiro atoms. The third-order valence-corrected chi connectivity index (χ3v) is 7.33. The second-order valence-corrected chi connectivity index (χ2v) is 9.63. The number of anilines is 1. The molecule has 2 aliphatic rings. The lowest BCUT2D eigenvalue weighted by Crippen LogP contribution is -2.45. The lowest BCUT2D eigenvalue weighted by molar-refractivity contribution is 0.0684. The maximum atomic E-state index is 13.8. The standard InChI is InChI=1S/C23H25FN6O2S/c1-3-29-11-17(12(2)28-29)21(31)26-10-16-8-14-9-18(14)30(16)22(32)19-20(33-23(25)27-19)13-5-4-6-15(24)7-13/h4-7,11,14,16,18H,3,8-10H2,1-2H3,(H2,25,27)(H,26,31)/t14?,16?,18-/m0/s1. The van der Waals surface area contributed by atoms with Gasteiger partial charge in [-0.15, -0.1) is 0 Å². The molecule has 0 radical (unpaired) electrons. The number of carbonyl (C=O) groups excluding carboxylic acids is 2. The highest BCUT2D eigenvalue weighted by molar-refractivity contribution is 7.19. The van der Waals surface area contributed by atoms with Crippen LogP contribution in [0.2, 0.25) is 0 Å². The molecule has 10 heteroatoms. The number of thiazole rings is 1. The van der Waals surface area contributed by atoms with Crippen molar-refractivity contribution in [3.05, 3.63) is 53.2 Å². The molecular formula is C23H25FN6O2S. The summed E-state index contributed by atoms with van der Waals surface area (Å²) in [5.41, 5.74) is 7.97. The van der Waals surface area contributed by atoms with Crippen molar-refractivity contribution in [2.75, 3.05) is 12.3 Å². The second-order valence-electron chi connectivity index (χ2n) is 8.60. The summed E-state index contributed by atoms with van der Waals surface area (Å²) in [5, 5.41) is 7.56. The molecular weight excluding hydrogens is 443 g/mol. The summed E-state index contributed by atoms with van der Waals surface area (Å²) in [7, 11) is 0. The minimum Gasteiger partial charge on any atom is -0.375 e. The highest BCUT2D eigenvalue weighted by Gasteiger charge is 2.54. The Morgan fingerprint density at radius 1 is 1.33 bits per heavy atom. The van der Waals surface area contributed by atoms with Crippen LogP contribution >= 0.6 is 11.3 Å². The molecule has 1 saturated heterocycles. The molecule has 2 amide bonds. The van der Waals surface area contributed by atoms with Crippen LogP contribution in [0.1, 0.15) is 46.3 Å². The van der Waals surface area contributed by atoms with Crippen molar-refractivity contribution >= 4 is 28.3 Å². The summed E-state index contributed by atoms with van der Waals surface area (Å²) in [6.45, 7) is 4.81. The number of nitrogens with one attached hydrogen (secondary N) is 1. The summed E-state index contributed by atoms with van der Waals surface area (Å²) < 4.78 is 15.5. The normalized spacial score (nSPS) is 21.2. The predicted octanol–water partition coefficient (Wildman–Crippen LogP) is 3.09. The predicted molar refractivity (Wildman–Crippen MR) is 123 cm³/mol. The SMILES string of the molecule is CCn1cc(C(=O)NCC2CC3C[C@@H]3N2C(=O)c2nc(N)sc2-c2cccc(F)c2)c(C)n1. The van der Waals surface area contributed by atoms with Gasteiger partial charge in [-0.2, -0.15) is 5.10 Å². The number of amides is 2. The number of halogens is 1. The van der Waals surface area contributed by atoms with Gasteiger partial charge in [-0.05, 0) is 50.3 Å². The Labute approximate surface area is 194 Å². The van der Waals surface area contributed by atoms with Crippen molar-refractivity contribution in [2.24, 2.45) is 5.92 Å². The molecule has 3 atom stereocenters. The van der Waals surface area contributed by atoms with Crippen molar-refractivity contribution in [3.63, 3.8) is 0 Å². The van der Waals surface area contributed by atoms with Gasteiger partial charge in [-0.3, -0.25) is 14.3 Å². The molecule has 1 aromatic carbocycles. The quantitative estimate of drug-likeness (QED) is 0.578. The molecule has 1 saturated carbocycles. The van der Waals surface area contributed by atoms with Gasteiger partial charge in [-0.25, -0.2) is 9.37 Å². The number of nitrogen functional groups attached to an aromatic ring is 1. The highest BCUT2D eigenvalue weighted by atomic mass is 32.1. The number of aryl methyl sites for hydroxylation is 2. The largest absolute Gasteiger partial charge is 0.375 e. The fourth-order valence-corrected chi connectivity index (χ4v) is 5.52. The van der Waals surface area contributed by atoms with Crippen molar-refractivity contribution in [3.8, 4) is 10.4 Å². The van der Waals surface area contributed by atoms with Crippen molar-refractivity contribution in [2.45, 2.75) is 45.3 Å². The lowest BCUT2D eigenvalue weighted by Gasteiger charge is -2.27. The number of piperidine rings is 1. The van der Waals surface area contributed by atoms with E-state index in [-0.39, 0.29) is 40.5 Å². The van der Waals surface area contributed by atoms with Gasteiger partial charge in [0.2, 0.25) is 0 Å². The Bertz CT molecular complexity index is 1240. The Morgan fingerprint density at radius 2 is 2.15 bits per heavy atom. The minimum absolute atomic E-state index is 0.130. The van der Waals surface area contributed by atoms with E-state index in [1.807, 2.05) is 18.7 Å². The Kier molecular flexibility index (Phi) is 5.40. The highest BCUT2D eigenvalue weighted by Crippen LogP contribution is 2.49. The van der Waals surface area contributed by atoms with Crippen molar-refractivity contribution in [1.82, 2.24) is 25.0 Å². The minimum atomic E-state index is -0.386. The molecule has 2 fully saturated rings. The molecule has 3 N–H and O–H groups in total. The number of hydrogen-bond donors (Lipinski definition) is 2. The number of benzene rings is 1. The first-order chi connectivity index (χ1) is 15.9. The van der Waals surface area contributed by atoms with E-state index in [4.69, 9.17) is 5.73 Å². The zero-order valence-corrected chi connectivity index (χ0v) is 19.2. The fourth-order valence-electron chi connectivity index (χ4n) is 4.70. The second kappa shape index (κ2) is 8.26. The van der Waals surface area contributed by atoms with Crippen LogP contribution < -0.4 is 11.1 Å². The zero-order chi connectivity index (χ0) is 23.3. The molecule has 33 heavy (non-hydrogen) atoms. The van der Waals surface area contributed by atoms with E-state index < -0.39 is 0 Å². The average Bonchev–Trinajstić information content (AvgIpc) is 3.11. The molecule has 3 aromatic rings. The van der Waals surface area contributed by atoms with Gasteiger partial charge < -0.3 is 16.0 Å². The van der Waals surface area contributed by atoms with Gasteiger partial charge in [0.25, 0.3) is 11.8 Å². The van der Waals surface area contributed by atoms with Gasteiger partial charge in [0.15, 0.2) is 5.13 Å². The lowest BCUT2D eigenvalue weighted by atomic mass is 10.1. The number of hydrogen-bond acceptors (Lipinski definition) is 6. The van der Waals surface area contributed by atoms with Gasteiger partial charge in [-0.1, -0.05) is 23.5 Å². The van der Waals surface area contributed by atoms with Crippen molar-refractivity contribution in [1.29, 1.82) is 0 Å². The number of aromatic nitrogens is 3. The first-order valence-corrected chi connectivity index (χ1v) is 11.8. The summed E-state index contributed by atoms with van der Waals surface area (Å²) in [5.74, 6) is -0.363. The molecule has 2 unspecified atom stereocenters. The number of rotatable bonds is 6. The smallest absolute Gasteiger partial charge is 0.274 e. The topological polar surface area (TPSA) is 106 Å². The molecule has 1 aliphatic carbocycles. The Hall–Kier alpha value is -3.27. The van der Waals surface area contributed by atoms with E-state index in [1.54, 1.807) is 23.0 Å². The molecule has 172 valence electrons. The van der Waals surface area contributed by atoms with Crippen LogP contribution in [-0.2, 0) is 6.54 Å². The van der Waals surface area contributed by atoms with Crippen LogP contribution in [0.15, 0.2) is 30.5 Å². The monoisotopic (exact) mass is 468 g/mol. The number of nitrogens with zero attached hydrogens (tertiary/aromatic N) is 4. The number of carbonyl (C=O) groups is 2. The Balaban J connectivity index is 1.35. The Morgan fingerprint density at radius 3 is 2.88 bits per heavy atom. The summed E-state index contributed by atoms with van der Waals surface area (Å²) in [6, 6.07) is 6.09. The van der Waals surface area contributed by atoms with Gasteiger partial charge in [0, 0.05) is 25.3 Å². The summed E-state index contributed by atoms with van der Waals surface area (Å²) in [6.07, 6.45) is 3.52. The maximum absolute atomic E-state index is 13.8. The number of fused-ring (bicyclic) bond motifs is 1. The van der Waals surface area contributed by atoms with E-state index in [0.29, 0.717) is 40.7 Å². The summed E-state index contributed by atoms with van der Waals surface area (Å²) >= 11 is 1.17. The third-order valence-electron chi connectivity index (χ3n) is 6.39. The van der Waals surface area contributed by atoms with Gasteiger partial charge >= 0.3 is 0 Å². The molecule has 0 bridgehead atoms. The van der Waals surface area contributed by atoms with Crippen LogP contribution in [0.25, 0.3) is 10.4 Å². The third kappa shape index (κ3) is 3.99. The first kappa shape index (κ1) is 21.6. The molecule has 2 aromatic heterocycles. The van der Waals surface area contributed by atoms with Crippen LogP contribution in [0.3, 0.4) is 0 Å². The van der Waals surface area contributed by atoms with Crippen molar-refractivity contribution < 1.29 is 14.0 Å². The zero-order valence-electron chi connectivity index (χ0n) is 18.4. The van der Waals surface area contributed by atoms with Crippen LogP contribution in [0.4, 0.5) is 9.52 Å². The van der Waals surface area contributed by atoms with Crippen LogP contribution in [0.5, 0.6) is 0 Å². The molecule has 5 rings (SSSR count). The summed E-state index contributed by atoms with van der Waals surface area (Å²) in [4.78, 5) is 33.0. The van der Waals surface area contributed by atoms with Crippen LogP contribution in [-0.4, -0.2) is 50.1 Å². The van der Waals surface area contributed by atoms with E-state index in [1.165, 1.54) is 23.5 Å². The van der Waals surface area contributed by atoms with E-state index >= 15 is 0 Å². The van der Waals surface area contributed by atoms with E-state index in [0.717, 1.165) is 12.8 Å². The maximum Gasteiger partial charge on any atom is 0.274 e. The average molecular weight is 469 g/mol. The van der Waals surface area contributed by atoms with E-state index in [2.05, 4.69) is 15.4 Å². The first-order valence-electron chi connectivity index (χ1n) is 11.0. The molecule has 8 nitrogen and oxygen atoms in total. The van der Waals surface area contributed by atoms with Gasteiger partial charge in [0.05, 0.1) is 22.2 Å². The van der Waals surface area contributed by atoms with E-state index in [9.17, 15) is 14.0 Å². The van der Waals surface area contributed by atoms with Crippen LogP contribution in [0, 0.1) is 18.7 Å². The fraction of sp³-hybridized carbons (Fsp3) is 0.391. The number of likely N-dealkylation sites (tertiary alicyclic amines) is 1. The molecule has 3 heterocycles. The molecule has 1 aliphatic heterocycles. The van der Waals surface area contributed by atoms with Gasteiger partial charge in [0.1, 0.15) is 11.5 Å².